The molecule has 128 valence electrons. The molecule has 0 spiro atoms. The van der Waals surface area contributed by atoms with E-state index < -0.39 is 5.97 Å². The van der Waals surface area contributed by atoms with Crippen LogP contribution in [0.15, 0.2) is 30.3 Å². The van der Waals surface area contributed by atoms with Crippen LogP contribution in [0.3, 0.4) is 0 Å². The van der Waals surface area contributed by atoms with Crippen LogP contribution in [0.4, 0.5) is 5.82 Å². The SMILES string of the molecule is CCCCN(CC)c1nc(C)cc(-c2cccc(C)c2)c1C(=O)O. The summed E-state index contributed by atoms with van der Waals surface area (Å²) in [6.07, 6.45) is 2.08. The maximum absolute atomic E-state index is 12.0. The highest BCUT2D eigenvalue weighted by Gasteiger charge is 2.22. The van der Waals surface area contributed by atoms with Crippen LogP contribution in [0.5, 0.6) is 0 Å². The van der Waals surface area contributed by atoms with Crippen molar-refractivity contribution >= 4 is 11.8 Å². The number of unbranched alkanes of at least 4 members (excludes halogenated alkanes) is 1. The predicted octanol–water partition coefficient (Wildman–Crippen LogP) is 4.69. The number of nitrogens with zero attached hydrogens (tertiary/aromatic N) is 2. The first kappa shape index (κ1) is 18.0. The van der Waals surface area contributed by atoms with Crippen LogP contribution in [0.25, 0.3) is 11.1 Å². The van der Waals surface area contributed by atoms with Crippen LogP contribution in [-0.2, 0) is 0 Å². The van der Waals surface area contributed by atoms with E-state index in [0.29, 0.717) is 11.4 Å². The van der Waals surface area contributed by atoms with Gasteiger partial charge in [-0.25, -0.2) is 9.78 Å². The molecule has 0 aliphatic rings. The minimum absolute atomic E-state index is 0.296. The number of carboxylic acid groups (broad SMARTS) is 1. The molecule has 0 aliphatic heterocycles. The Kier molecular flexibility index (Phi) is 5.96. The molecule has 0 unspecified atom stereocenters. The van der Waals surface area contributed by atoms with Crippen LogP contribution in [-0.4, -0.2) is 29.1 Å². The molecule has 0 aliphatic carbocycles. The molecule has 0 fully saturated rings. The summed E-state index contributed by atoms with van der Waals surface area (Å²) < 4.78 is 0. The quantitative estimate of drug-likeness (QED) is 0.802. The van der Waals surface area contributed by atoms with Crippen molar-refractivity contribution in [2.75, 3.05) is 18.0 Å². The van der Waals surface area contributed by atoms with Gasteiger partial charge in [-0.2, -0.15) is 0 Å². The molecule has 4 nitrogen and oxygen atoms in total. The first-order valence-corrected chi connectivity index (χ1v) is 8.54. The Morgan fingerprint density at radius 2 is 1.96 bits per heavy atom. The zero-order valence-corrected chi connectivity index (χ0v) is 15.0. The minimum Gasteiger partial charge on any atom is -0.478 e. The van der Waals surface area contributed by atoms with E-state index in [0.717, 1.165) is 48.3 Å². The Balaban J connectivity index is 2.65. The summed E-state index contributed by atoms with van der Waals surface area (Å²) in [5.74, 6) is -0.348. The third-order valence-corrected chi connectivity index (χ3v) is 4.13. The molecule has 2 aromatic rings. The molecule has 1 heterocycles. The standard InChI is InChI=1S/C20H26N2O2/c1-5-7-11-22(6-2)19-18(20(23)24)17(13-15(4)21-19)16-10-8-9-14(3)12-16/h8-10,12-13H,5-7,11H2,1-4H3,(H,23,24). The zero-order valence-electron chi connectivity index (χ0n) is 15.0. The highest BCUT2D eigenvalue weighted by atomic mass is 16.4. The Bertz CT molecular complexity index is 726. The average Bonchev–Trinajstić information content (AvgIpc) is 2.54. The van der Waals surface area contributed by atoms with Crippen LogP contribution in [0.2, 0.25) is 0 Å². The molecule has 0 amide bonds. The first-order valence-electron chi connectivity index (χ1n) is 8.54. The second kappa shape index (κ2) is 7.95. The summed E-state index contributed by atoms with van der Waals surface area (Å²) in [5, 5.41) is 9.87. The molecule has 1 aromatic heterocycles. The molecule has 2 rings (SSSR count). The summed E-state index contributed by atoms with van der Waals surface area (Å²) in [6.45, 7) is 9.66. The molecule has 0 bridgehead atoms. The second-order valence-corrected chi connectivity index (χ2v) is 6.12. The number of hydrogen-bond donors (Lipinski definition) is 1. The van der Waals surface area contributed by atoms with Gasteiger partial charge in [0.2, 0.25) is 0 Å². The fourth-order valence-electron chi connectivity index (χ4n) is 2.90. The zero-order chi connectivity index (χ0) is 17.7. The Morgan fingerprint density at radius 3 is 2.54 bits per heavy atom. The van der Waals surface area contributed by atoms with Gasteiger partial charge in [0, 0.05) is 24.3 Å². The van der Waals surface area contributed by atoms with Gasteiger partial charge in [-0.15, -0.1) is 0 Å². The summed E-state index contributed by atoms with van der Waals surface area (Å²) in [6, 6.07) is 9.82. The van der Waals surface area contributed by atoms with Crippen molar-refractivity contribution in [3.05, 3.63) is 47.2 Å². The van der Waals surface area contributed by atoms with Gasteiger partial charge >= 0.3 is 5.97 Å². The fraction of sp³-hybridized carbons (Fsp3) is 0.400. The van der Waals surface area contributed by atoms with Crippen molar-refractivity contribution in [3.63, 3.8) is 0 Å². The summed E-state index contributed by atoms with van der Waals surface area (Å²) in [4.78, 5) is 18.7. The summed E-state index contributed by atoms with van der Waals surface area (Å²) in [5.41, 5.74) is 3.90. The molecule has 0 radical (unpaired) electrons. The van der Waals surface area contributed by atoms with Gasteiger partial charge in [0.25, 0.3) is 0 Å². The topological polar surface area (TPSA) is 53.4 Å². The largest absolute Gasteiger partial charge is 0.478 e. The van der Waals surface area contributed by atoms with Gasteiger partial charge in [0.05, 0.1) is 0 Å². The lowest BCUT2D eigenvalue weighted by atomic mass is 9.98. The van der Waals surface area contributed by atoms with Crippen LogP contribution in [0.1, 0.15) is 48.3 Å². The van der Waals surface area contributed by atoms with Crippen molar-refractivity contribution in [2.24, 2.45) is 0 Å². The number of rotatable bonds is 7. The number of carboxylic acids is 1. The third kappa shape index (κ3) is 3.94. The van der Waals surface area contributed by atoms with E-state index in [4.69, 9.17) is 0 Å². The number of aromatic nitrogens is 1. The van der Waals surface area contributed by atoms with E-state index in [9.17, 15) is 9.90 Å². The molecule has 4 heteroatoms. The Morgan fingerprint density at radius 1 is 1.21 bits per heavy atom. The van der Waals surface area contributed by atoms with Gasteiger partial charge in [0.1, 0.15) is 11.4 Å². The van der Waals surface area contributed by atoms with Crippen LogP contribution < -0.4 is 4.90 Å². The lowest BCUT2D eigenvalue weighted by Gasteiger charge is -2.25. The number of aromatic carboxylic acids is 1. The first-order chi connectivity index (χ1) is 11.5. The van der Waals surface area contributed by atoms with E-state index in [2.05, 4.69) is 16.8 Å². The van der Waals surface area contributed by atoms with Crippen molar-refractivity contribution in [2.45, 2.75) is 40.5 Å². The number of hydrogen-bond acceptors (Lipinski definition) is 3. The van der Waals surface area contributed by atoms with Crippen molar-refractivity contribution in [3.8, 4) is 11.1 Å². The molecular weight excluding hydrogens is 300 g/mol. The number of carbonyl (C=O) groups is 1. The van der Waals surface area contributed by atoms with E-state index in [1.807, 2.05) is 51.1 Å². The predicted molar refractivity (Wildman–Crippen MR) is 98.9 cm³/mol. The highest BCUT2D eigenvalue weighted by molar-refractivity contribution is 6.01. The van der Waals surface area contributed by atoms with Gasteiger partial charge in [-0.1, -0.05) is 43.2 Å². The van der Waals surface area contributed by atoms with Gasteiger partial charge < -0.3 is 10.0 Å². The van der Waals surface area contributed by atoms with Gasteiger partial charge in [-0.05, 0) is 38.8 Å². The molecule has 1 aromatic carbocycles. The van der Waals surface area contributed by atoms with Gasteiger partial charge in [0.15, 0.2) is 0 Å². The lowest BCUT2D eigenvalue weighted by Crippen LogP contribution is -2.27. The third-order valence-electron chi connectivity index (χ3n) is 4.13. The van der Waals surface area contributed by atoms with Gasteiger partial charge in [-0.3, -0.25) is 0 Å². The molecule has 0 saturated heterocycles. The Hall–Kier alpha value is -2.36. The van der Waals surface area contributed by atoms with E-state index >= 15 is 0 Å². The minimum atomic E-state index is -0.927. The van der Waals surface area contributed by atoms with E-state index in [1.165, 1.54) is 0 Å². The van der Waals surface area contributed by atoms with E-state index in [-0.39, 0.29) is 0 Å². The van der Waals surface area contributed by atoms with Crippen molar-refractivity contribution < 1.29 is 9.90 Å². The summed E-state index contributed by atoms with van der Waals surface area (Å²) >= 11 is 0. The van der Waals surface area contributed by atoms with Crippen molar-refractivity contribution in [1.29, 1.82) is 0 Å². The fourth-order valence-corrected chi connectivity index (χ4v) is 2.90. The average molecular weight is 326 g/mol. The number of pyridine rings is 1. The molecular formula is C20H26N2O2. The molecule has 0 saturated carbocycles. The monoisotopic (exact) mass is 326 g/mol. The number of benzene rings is 1. The van der Waals surface area contributed by atoms with Crippen molar-refractivity contribution in [1.82, 2.24) is 4.98 Å². The maximum Gasteiger partial charge on any atom is 0.340 e. The van der Waals surface area contributed by atoms with Crippen LogP contribution in [0, 0.1) is 13.8 Å². The van der Waals surface area contributed by atoms with Crippen LogP contribution >= 0.6 is 0 Å². The lowest BCUT2D eigenvalue weighted by molar-refractivity contribution is 0.0698. The Labute approximate surface area is 144 Å². The molecule has 0 atom stereocenters. The smallest absolute Gasteiger partial charge is 0.340 e. The summed E-state index contributed by atoms with van der Waals surface area (Å²) in [7, 11) is 0. The maximum atomic E-state index is 12.0. The van der Waals surface area contributed by atoms with E-state index in [1.54, 1.807) is 0 Å². The highest BCUT2D eigenvalue weighted by Crippen LogP contribution is 2.31. The molecule has 24 heavy (non-hydrogen) atoms. The molecule has 1 N–H and O–H groups in total. The normalized spacial score (nSPS) is 10.7. The second-order valence-electron chi connectivity index (χ2n) is 6.12. The number of anilines is 1. The number of aryl methyl sites for hydroxylation is 2.